The van der Waals surface area contributed by atoms with E-state index in [4.69, 9.17) is 9.47 Å². The molecule has 1 aliphatic heterocycles. The Balaban J connectivity index is 2.46. The first-order valence-electron chi connectivity index (χ1n) is 6.46. The Kier molecular flexibility index (Phi) is 6.11. The van der Waals surface area contributed by atoms with E-state index in [0.29, 0.717) is 13.0 Å². The molecule has 0 aromatic heterocycles. The van der Waals surface area contributed by atoms with Crippen LogP contribution in [0.25, 0.3) is 0 Å². The van der Waals surface area contributed by atoms with Crippen molar-refractivity contribution in [3.05, 3.63) is 0 Å². The van der Waals surface area contributed by atoms with Gasteiger partial charge in [0.1, 0.15) is 12.6 Å². The summed E-state index contributed by atoms with van der Waals surface area (Å²) in [6, 6.07) is -0.562. The summed E-state index contributed by atoms with van der Waals surface area (Å²) in [4.78, 5) is 36.1. The Hall–Kier alpha value is -1.79. The molecule has 1 rings (SSSR count). The maximum Gasteiger partial charge on any atom is 0.410 e. The van der Waals surface area contributed by atoms with Gasteiger partial charge in [-0.05, 0) is 26.7 Å². The average molecular weight is 272 g/mol. The molecule has 1 saturated heterocycles. The van der Waals surface area contributed by atoms with Crippen molar-refractivity contribution in [3.63, 3.8) is 0 Å². The third kappa shape index (κ3) is 4.42. The predicted molar refractivity (Wildman–Crippen MR) is 66.4 cm³/mol. The van der Waals surface area contributed by atoms with E-state index in [1.165, 1.54) is 4.90 Å². The zero-order valence-electron chi connectivity index (χ0n) is 11.3. The monoisotopic (exact) mass is 272 g/mol. The summed E-state index contributed by atoms with van der Waals surface area (Å²) < 4.78 is 9.59. The molecule has 108 valence electrons. The van der Waals surface area contributed by atoms with Crippen molar-refractivity contribution in [1.29, 1.82) is 0 Å². The van der Waals surface area contributed by atoms with Crippen LogP contribution in [0.2, 0.25) is 0 Å². The smallest absolute Gasteiger partial charge is 0.410 e. The summed E-state index contributed by atoms with van der Waals surface area (Å²) in [6.07, 6.45) is 0.834. The van der Waals surface area contributed by atoms with Crippen LogP contribution in [-0.4, -0.2) is 55.2 Å². The van der Waals surface area contributed by atoms with Gasteiger partial charge in [-0.1, -0.05) is 0 Å². The lowest BCUT2D eigenvalue weighted by Gasteiger charge is -2.22. The molecule has 1 heterocycles. The molecule has 0 aromatic carbocycles. The maximum atomic E-state index is 11.9. The molecular formula is C12H20N2O5. The largest absolute Gasteiger partial charge is 0.465 e. The van der Waals surface area contributed by atoms with E-state index in [9.17, 15) is 14.4 Å². The number of carbonyl (C=O) groups is 3. The number of amides is 2. The normalized spacial score (nSPS) is 18.0. The standard InChI is InChI=1S/C12H20N2O5/c1-3-18-10(15)8-13-11(16)9-6-5-7-14(9)12(17)19-4-2/h9H,3-8H2,1-2H3,(H,13,16). The molecule has 19 heavy (non-hydrogen) atoms. The molecule has 0 saturated carbocycles. The van der Waals surface area contributed by atoms with Gasteiger partial charge in [0.2, 0.25) is 5.91 Å². The van der Waals surface area contributed by atoms with Gasteiger partial charge in [-0.3, -0.25) is 14.5 Å². The molecule has 0 radical (unpaired) electrons. The molecule has 0 aliphatic carbocycles. The fraction of sp³-hybridized carbons (Fsp3) is 0.750. The van der Waals surface area contributed by atoms with Gasteiger partial charge in [-0.2, -0.15) is 0 Å². The SMILES string of the molecule is CCOC(=O)CNC(=O)C1CCCN1C(=O)OCC. The topological polar surface area (TPSA) is 84.9 Å². The van der Waals surface area contributed by atoms with Crippen LogP contribution >= 0.6 is 0 Å². The highest BCUT2D eigenvalue weighted by Gasteiger charge is 2.34. The fourth-order valence-electron chi connectivity index (χ4n) is 1.95. The molecule has 1 atom stereocenters. The van der Waals surface area contributed by atoms with Gasteiger partial charge in [0.05, 0.1) is 13.2 Å². The second-order valence-corrected chi connectivity index (χ2v) is 4.07. The van der Waals surface area contributed by atoms with E-state index in [-0.39, 0.29) is 25.7 Å². The van der Waals surface area contributed by atoms with Gasteiger partial charge in [-0.25, -0.2) is 4.79 Å². The summed E-state index contributed by atoms with van der Waals surface area (Å²) >= 11 is 0. The second-order valence-electron chi connectivity index (χ2n) is 4.07. The first-order chi connectivity index (χ1) is 9.10. The summed E-state index contributed by atoms with van der Waals surface area (Å²) in [6.45, 7) is 4.26. The van der Waals surface area contributed by atoms with Crippen molar-refractivity contribution in [2.24, 2.45) is 0 Å². The first kappa shape index (κ1) is 15.3. The van der Waals surface area contributed by atoms with E-state index in [0.717, 1.165) is 6.42 Å². The molecule has 7 heteroatoms. The molecule has 1 N–H and O–H groups in total. The van der Waals surface area contributed by atoms with Gasteiger partial charge in [0, 0.05) is 6.54 Å². The zero-order chi connectivity index (χ0) is 14.3. The zero-order valence-corrected chi connectivity index (χ0v) is 11.3. The number of hydrogen-bond donors (Lipinski definition) is 1. The number of carbonyl (C=O) groups excluding carboxylic acids is 3. The van der Waals surface area contributed by atoms with E-state index < -0.39 is 18.1 Å². The van der Waals surface area contributed by atoms with Crippen LogP contribution in [0.15, 0.2) is 0 Å². The Labute approximate surface area is 112 Å². The first-order valence-corrected chi connectivity index (χ1v) is 6.46. The van der Waals surface area contributed by atoms with Crippen LogP contribution in [0.5, 0.6) is 0 Å². The Bertz CT molecular complexity index is 345. The van der Waals surface area contributed by atoms with Gasteiger partial charge in [-0.15, -0.1) is 0 Å². The minimum atomic E-state index is -0.562. The predicted octanol–water partition coefficient (Wildman–Crippen LogP) is 0.287. The number of nitrogens with one attached hydrogen (secondary N) is 1. The van der Waals surface area contributed by atoms with Gasteiger partial charge in [0.25, 0.3) is 0 Å². The minimum absolute atomic E-state index is 0.181. The van der Waals surface area contributed by atoms with E-state index in [1.807, 2.05) is 0 Å². The number of nitrogens with zero attached hydrogens (tertiary/aromatic N) is 1. The average Bonchev–Trinajstić information content (AvgIpc) is 2.86. The molecule has 0 spiro atoms. The summed E-state index contributed by atoms with van der Waals surface area (Å²) in [5.41, 5.74) is 0. The lowest BCUT2D eigenvalue weighted by Crippen LogP contribution is -2.47. The maximum absolute atomic E-state index is 11.9. The minimum Gasteiger partial charge on any atom is -0.465 e. The third-order valence-corrected chi connectivity index (χ3v) is 2.77. The number of ether oxygens (including phenoxy) is 2. The second kappa shape index (κ2) is 7.60. The van der Waals surface area contributed by atoms with Crippen molar-refractivity contribution in [1.82, 2.24) is 10.2 Å². The summed E-state index contributed by atoms with van der Waals surface area (Å²) in [5, 5.41) is 2.47. The van der Waals surface area contributed by atoms with Crippen LogP contribution in [0.3, 0.4) is 0 Å². The highest BCUT2D eigenvalue weighted by atomic mass is 16.6. The Morgan fingerprint density at radius 2 is 1.89 bits per heavy atom. The van der Waals surface area contributed by atoms with Crippen molar-refractivity contribution in [2.75, 3.05) is 26.3 Å². The Morgan fingerprint density at radius 1 is 1.21 bits per heavy atom. The highest BCUT2D eigenvalue weighted by Crippen LogP contribution is 2.18. The Morgan fingerprint density at radius 3 is 2.53 bits per heavy atom. The summed E-state index contributed by atoms with van der Waals surface area (Å²) in [7, 11) is 0. The number of hydrogen-bond acceptors (Lipinski definition) is 5. The van der Waals surface area contributed by atoms with Gasteiger partial charge in [0.15, 0.2) is 0 Å². The van der Waals surface area contributed by atoms with Crippen LogP contribution in [-0.2, 0) is 19.1 Å². The lowest BCUT2D eigenvalue weighted by atomic mass is 10.2. The highest BCUT2D eigenvalue weighted by molar-refractivity contribution is 5.88. The fourth-order valence-corrected chi connectivity index (χ4v) is 1.95. The molecule has 0 aromatic rings. The molecule has 7 nitrogen and oxygen atoms in total. The molecular weight excluding hydrogens is 252 g/mol. The summed E-state index contributed by atoms with van der Waals surface area (Å²) in [5.74, 6) is -0.838. The van der Waals surface area contributed by atoms with E-state index in [2.05, 4.69) is 5.32 Å². The lowest BCUT2D eigenvalue weighted by molar-refractivity contribution is -0.143. The van der Waals surface area contributed by atoms with Crippen molar-refractivity contribution < 1.29 is 23.9 Å². The van der Waals surface area contributed by atoms with Crippen molar-refractivity contribution >= 4 is 18.0 Å². The number of esters is 1. The molecule has 0 bridgehead atoms. The van der Waals surface area contributed by atoms with Gasteiger partial charge < -0.3 is 14.8 Å². The number of likely N-dealkylation sites (tertiary alicyclic amines) is 1. The van der Waals surface area contributed by atoms with Gasteiger partial charge >= 0.3 is 12.1 Å². The third-order valence-electron chi connectivity index (χ3n) is 2.77. The van der Waals surface area contributed by atoms with Crippen molar-refractivity contribution in [2.45, 2.75) is 32.7 Å². The van der Waals surface area contributed by atoms with Crippen molar-refractivity contribution in [3.8, 4) is 0 Å². The molecule has 2 amide bonds. The quantitative estimate of drug-likeness (QED) is 0.727. The van der Waals surface area contributed by atoms with Crippen LogP contribution in [0.1, 0.15) is 26.7 Å². The number of rotatable bonds is 5. The molecule has 1 aliphatic rings. The molecule has 1 fully saturated rings. The van der Waals surface area contributed by atoms with Crippen LogP contribution in [0.4, 0.5) is 4.79 Å². The van der Waals surface area contributed by atoms with E-state index >= 15 is 0 Å². The van der Waals surface area contributed by atoms with E-state index in [1.54, 1.807) is 13.8 Å². The molecule has 1 unspecified atom stereocenters. The van der Waals surface area contributed by atoms with Crippen LogP contribution in [0, 0.1) is 0 Å². The van der Waals surface area contributed by atoms with Crippen LogP contribution < -0.4 is 5.32 Å².